The fourth-order valence-corrected chi connectivity index (χ4v) is 1.86. The van der Waals surface area contributed by atoms with Crippen molar-refractivity contribution in [2.24, 2.45) is 5.73 Å². The molecule has 24 heavy (non-hydrogen) atoms. The topological polar surface area (TPSA) is 106 Å². The highest BCUT2D eigenvalue weighted by Crippen LogP contribution is 2.20. The lowest BCUT2D eigenvalue weighted by atomic mass is 10.2. The predicted molar refractivity (Wildman–Crippen MR) is 84.7 cm³/mol. The van der Waals surface area contributed by atoms with Gasteiger partial charge in [-0.3, -0.25) is 4.79 Å². The number of carbonyl (C=O) groups is 2. The summed E-state index contributed by atoms with van der Waals surface area (Å²) in [4.78, 5) is 26.6. The van der Waals surface area contributed by atoms with Crippen LogP contribution in [-0.2, 0) is 11.3 Å². The number of carbonyl (C=O) groups excluding carboxylic acids is 2. The third-order valence-electron chi connectivity index (χ3n) is 3.05. The largest absolute Gasteiger partial charge is 0.439 e. The smallest absolute Gasteiger partial charge is 0.312 e. The molecule has 0 aliphatic heterocycles. The maximum Gasteiger partial charge on any atom is 0.312 e. The van der Waals surface area contributed by atoms with Crippen LogP contribution in [0.1, 0.15) is 12.5 Å². The van der Waals surface area contributed by atoms with Crippen molar-refractivity contribution in [3.8, 4) is 11.6 Å². The van der Waals surface area contributed by atoms with Crippen LogP contribution in [-0.4, -0.2) is 23.0 Å². The molecule has 0 saturated heterocycles. The Kier molecular flexibility index (Phi) is 5.67. The Morgan fingerprint density at radius 2 is 2.00 bits per heavy atom. The second kappa shape index (κ2) is 7.91. The number of pyridine rings is 1. The highest BCUT2D eigenvalue weighted by molar-refractivity contribution is 5.86. The number of ether oxygens (including phenoxy) is 1. The lowest BCUT2D eigenvalue weighted by Crippen LogP contribution is -2.46. The van der Waals surface area contributed by atoms with Crippen molar-refractivity contribution >= 4 is 11.9 Å². The molecule has 3 amide bonds. The summed E-state index contributed by atoms with van der Waals surface area (Å²) in [5.41, 5.74) is 5.71. The van der Waals surface area contributed by atoms with E-state index in [-0.39, 0.29) is 18.3 Å². The Labute approximate surface area is 138 Å². The molecule has 7 nitrogen and oxygen atoms in total. The fourth-order valence-electron chi connectivity index (χ4n) is 1.86. The Morgan fingerprint density at radius 3 is 2.67 bits per heavy atom. The summed E-state index contributed by atoms with van der Waals surface area (Å²) in [7, 11) is 0. The van der Waals surface area contributed by atoms with Crippen LogP contribution in [0.4, 0.5) is 9.18 Å². The van der Waals surface area contributed by atoms with E-state index in [1.807, 2.05) is 0 Å². The number of aromatic nitrogens is 1. The number of halogens is 1. The first kappa shape index (κ1) is 17.2. The van der Waals surface area contributed by atoms with Gasteiger partial charge in [0.1, 0.15) is 17.6 Å². The van der Waals surface area contributed by atoms with Crippen molar-refractivity contribution in [2.75, 3.05) is 0 Å². The van der Waals surface area contributed by atoms with Gasteiger partial charge in [0.05, 0.1) is 0 Å². The van der Waals surface area contributed by atoms with Gasteiger partial charge in [0.15, 0.2) is 0 Å². The molecule has 126 valence electrons. The van der Waals surface area contributed by atoms with Gasteiger partial charge in [0.2, 0.25) is 11.8 Å². The summed E-state index contributed by atoms with van der Waals surface area (Å²) in [5.74, 6) is 0.0399. The lowest BCUT2D eigenvalue weighted by Gasteiger charge is -2.13. The van der Waals surface area contributed by atoms with Gasteiger partial charge < -0.3 is 21.1 Å². The van der Waals surface area contributed by atoms with Crippen LogP contribution < -0.4 is 21.1 Å². The quantitative estimate of drug-likeness (QED) is 0.748. The van der Waals surface area contributed by atoms with E-state index in [9.17, 15) is 14.0 Å². The average Bonchev–Trinajstić information content (AvgIpc) is 2.54. The third-order valence-corrected chi connectivity index (χ3v) is 3.05. The van der Waals surface area contributed by atoms with Crippen LogP contribution in [0.5, 0.6) is 11.6 Å². The van der Waals surface area contributed by atoms with Crippen LogP contribution in [0, 0.1) is 5.82 Å². The molecule has 0 radical (unpaired) electrons. The van der Waals surface area contributed by atoms with E-state index in [4.69, 9.17) is 10.5 Å². The van der Waals surface area contributed by atoms with E-state index in [1.165, 1.54) is 37.4 Å². The van der Waals surface area contributed by atoms with Crippen molar-refractivity contribution in [2.45, 2.75) is 19.5 Å². The molecule has 2 rings (SSSR count). The Hall–Kier alpha value is -3.16. The van der Waals surface area contributed by atoms with E-state index in [0.29, 0.717) is 11.6 Å². The molecule has 1 heterocycles. The van der Waals surface area contributed by atoms with Gasteiger partial charge in [-0.1, -0.05) is 0 Å². The summed E-state index contributed by atoms with van der Waals surface area (Å²) in [6.07, 6.45) is 1.53. The molecule has 0 saturated carbocycles. The van der Waals surface area contributed by atoms with Gasteiger partial charge >= 0.3 is 6.03 Å². The number of amides is 3. The molecular weight excluding hydrogens is 315 g/mol. The zero-order valence-electron chi connectivity index (χ0n) is 13.0. The summed E-state index contributed by atoms with van der Waals surface area (Å²) < 4.78 is 18.4. The van der Waals surface area contributed by atoms with Gasteiger partial charge in [-0.15, -0.1) is 0 Å². The Morgan fingerprint density at radius 1 is 1.29 bits per heavy atom. The second-order valence-electron chi connectivity index (χ2n) is 5.01. The van der Waals surface area contributed by atoms with E-state index in [2.05, 4.69) is 15.6 Å². The number of urea groups is 1. The number of rotatable bonds is 6. The number of hydrogen-bond donors (Lipinski definition) is 3. The number of nitrogens with one attached hydrogen (secondary N) is 2. The van der Waals surface area contributed by atoms with Crippen LogP contribution in [0.25, 0.3) is 0 Å². The number of benzene rings is 1. The minimum atomic E-state index is -0.767. The summed E-state index contributed by atoms with van der Waals surface area (Å²) >= 11 is 0. The van der Waals surface area contributed by atoms with Gasteiger partial charge in [-0.25, -0.2) is 14.2 Å². The van der Waals surface area contributed by atoms with E-state index in [0.717, 1.165) is 5.56 Å². The van der Waals surface area contributed by atoms with Crippen LogP contribution >= 0.6 is 0 Å². The van der Waals surface area contributed by atoms with Crippen LogP contribution in [0.2, 0.25) is 0 Å². The van der Waals surface area contributed by atoms with E-state index >= 15 is 0 Å². The minimum Gasteiger partial charge on any atom is -0.439 e. The molecule has 0 bridgehead atoms. The van der Waals surface area contributed by atoms with Gasteiger partial charge in [-0.2, -0.15) is 0 Å². The average molecular weight is 332 g/mol. The Bertz CT molecular complexity index is 722. The summed E-state index contributed by atoms with van der Waals surface area (Å²) in [6.45, 7) is 1.75. The molecule has 1 aromatic heterocycles. The highest BCUT2D eigenvalue weighted by Gasteiger charge is 2.13. The number of hydrogen-bond acceptors (Lipinski definition) is 4. The third kappa shape index (κ3) is 5.24. The van der Waals surface area contributed by atoms with Crippen molar-refractivity contribution in [3.05, 3.63) is 54.0 Å². The van der Waals surface area contributed by atoms with Crippen molar-refractivity contribution in [1.82, 2.24) is 15.6 Å². The second-order valence-corrected chi connectivity index (χ2v) is 5.01. The summed E-state index contributed by atoms with van der Waals surface area (Å²) in [6, 6.07) is 7.40. The minimum absolute atomic E-state index is 0.228. The number of nitrogens with two attached hydrogens (primary N) is 1. The maximum absolute atomic E-state index is 12.9. The SMILES string of the molecule is CC(NC(N)=O)C(=O)NCc1ccnc(Oc2ccc(F)cc2)c1. The molecule has 0 fully saturated rings. The molecular formula is C16H17FN4O3. The maximum atomic E-state index is 12.9. The summed E-state index contributed by atoms with van der Waals surface area (Å²) in [5, 5.41) is 4.95. The molecule has 2 aromatic rings. The van der Waals surface area contributed by atoms with Gasteiger partial charge in [0.25, 0.3) is 0 Å². The number of nitrogens with zero attached hydrogens (tertiary/aromatic N) is 1. The first-order valence-corrected chi connectivity index (χ1v) is 7.16. The first-order valence-electron chi connectivity index (χ1n) is 7.16. The molecule has 0 spiro atoms. The van der Waals surface area contributed by atoms with Gasteiger partial charge in [-0.05, 0) is 42.8 Å². The zero-order valence-corrected chi connectivity index (χ0v) is 13.0. The molecule has 1 unspecified atom stereocenters. The first-order chi connectivity index (χ1) is 11.4. The fraction of sp³-hybridized carbons (Fsp3) is 0.188. The van der Waals surface area contributed by atoms with Crippen LogP contribution in [0.15, 0.2) is 42.6 Å². The highest BCUT2D eigenvalue weighted by atomic mass is 19.1. The predicted octanol–water partition coefficient (Wildman–Crippen LogP) is 1.69. The zero-order chi connectivity index (χ0) is 17.5. The van der Waals surface area contributed by atoms with Crippen molar-refractivity contribution in [1.29, 1.82) is 0 Å². The molecule has 8 heteroatoms. The lowest BCUT2D eigenvalue weighted by molar-refractivity contribution is -0.122. The molecule has 4 N–H and O–H groups in total. The van der Waals surface area contributed by atoms with Crippen LogP contribution in [0.3, 0.4) is 0 Å². The normalized spacial score (nSPS) is 11.4. The van der Waals surface area contributed by atoms with E-state index < -0.39 is 12.1 Å². The standard InChI is InChI=1S/C16H17FN4O3/c1-10(21-16(18)23)15(22)20-9-11-6-7-19-14(8-11)24-13-4-2-12(17)3-5-13/h2-8,10H,9H2,1H3,(H,20,22)(H3,18,21,23). The molecule has 0 aliphatic carbocycles. The Balaban J connectivity index is 1.94. The molecule has 1 atom stereocenters. The van der Waals surface area contributed by atoms with Gasteiger partial charge in [0, 0.05) is 18.8 Å². The number of primary amides is 1. The van der Waals surface area contributed by atoms with Crippen molar-refractivity contribution < 1.29 is 18.7 Å². The van der Waals surface area contributed by atoms with Crippen molar-refractivity contribution in [3.63, 3.8) is 0 Å². The molecule has 1 aromatic carbocycles. The molecule has 0 aliphatic rings. The van der Waals surface area contributed by atoms with E-state index in [1.54, 1.807) is 12.1 Å². The monoisotopic (exact) mass is 332 g/mol.